The van der Waals surface area contributed by atoms with E-state index in [0.717, 1.165) is 23.0 Å². The van der Waals surface area contributed by atoms with Crippen LogP contribution in [0.25, 0.3) is 0 Å². The second kappa shape index (κ2) is 6.69. The third kappa shape index (κ3) is 4.31. The van der Waals surface area contributed by atoms with Crippen LogP contribution in [-0.2, 0) is 24.1 Å². The predicted molar refractivity (Wildman–Crippen MR) is 74.9 cm³/mol. The highest BCUT2D eigenvalue weighted by Crippen LogP contribution is 2.29. The van der Waals surface area contributed by atoms with Crippen molar-refractivity contribution in [2.45, 2.75) is 19.3 Å². The van der Waals surface area contributed by atoms with Crippen LogP contribution in [-0.4, -0.2) is 43.9 Å². The lowest BCUT2D eigenvalue weighted by atomic mass is 10.1. The van der Waals surface area contributed by atoms with E-state index in [4.69, 9.17) is 5.11 Å². The van der Waals surface area contributed by atoms with Crippen LogP contribution < -0.4 is 0 Å². The molecule has 1 heterocycles. The number of likely N-dealkylation sites (N-methyl/N-ethyl adjacent to an activating group) is 1. The number of carboxylic acids is 1. The minimum atomic E-state index is -4.45. The summed E-state index contributed by atoms with van der Waals surface area (Å²) < 4.78 is 39.1. The van der Waals surface area contributed by atoms with Crippen molar-refractivity contribution >= 4 is 11.9 Å². The molecule has 2 rings (SSSR count). The Balaban J connectivity index is 2.02. The molecule has 0 saturated heterocycles. The van der Waals surface area contributed by atoms with Crippen LogP contribution in [0.15, 0.2) is 30.5 Å². The third-order valence-corrected chi connectivity index (χ3v) is 3.15. The zero-order valence-corrected chi connectivity index (χ0v) is 12.5. The number of aromatic carboxylic acids is 1. The van der Waals surface area contributed by atoms with E-state index < -0.39 is 23.6 Å². The zero-order valence-electron chi connectivity index (χ0n) is 12.5. The number of hydrogen-bond acceptors (Lipinski definition) is 4. The van der Waals surface area contributed by atoms with Gasteiger partial charge in [0.2, 0.25) is 5.91 Å². The van der Waals surface area contributed by atoms with Gasteiger partial charge in [-0.25, -0.2) is 9.48 Å². The summed E-state index contributed by atoms with van der Waals surface area (Å²) in [5.74, 6) is -1.72. The van der Waals surface area contributed by atoms with Crippen molar-refractivity contribution in [2.24, 2.45) is 0 Å². The normalized spacial score (nSPS) is 11.3. The van der Waals surface area contributed by atoms with Crippen molar-refractivity contribution in [3.63, 3.8) is 0 Å². The molecule has 0 unspecified atom stereocenters. The topological polar surface area (TPSA) is 88.3 Å². The van der Waals surface area contributed by atoms with Gasteiger partial charge in [0.05, 0.1) is 11.8 Å². The number of alkyl halides is 3. The average molecular weight is 342 g/mol. The number of aromatic nitrogens is 3. The van der Waals surface area contributed by atoms with E-state index in [-0.39, 0.29) is 18.8 Å². The molecule has 0 radical (unpaired) electrons. The third-order valence-electron chi connectivity index (χ3n) is 3.15. The molecular formula is C14H13F3N4O3. The molecular weight excluding hydrogens is 329 g/mol. The Labute approximate surface area is 134 Å². The predicted octanol–water partition coefficient (Wildman–Crippen LogP) is 1.65. The highest BCUT2D eigenvalue weighted by atomic mass is 19.4. The summed E-state index contributed by atoms with van der Waals surface area (Å²) >= 11 is 0. The maximum atomic E-state index is 12.7. The van der Waals surface area contributed by atoms with Gasteiger partial charge >= 0.3 is 12.1 Å². The van der Waals surface area contributed by atoms with E-state index >= 15 is 0 Å². The van der Waals surface area contributed by atoms with E-state index in [1.807, 2.05) is 0 Å². The van der Waals surface area contributed by atoms with Crippen molar-refractivity contribution in [3.05, 3.63) is 47.3 Å². The molecule has 1 aromatic heterocycles. The van der Waals surface area contributed by atoms with Gasteiger partial charge < -0.3 is 10.0 Å². The number of carbonyl (C=O) groups excluding carboxylic acids is 1. The van der Waals surface area contributed by atoms with E-state index in [1.54, 1.807) is 0 Å². The molecule has 0 saturated carbocycles. The SMILES string of the molecule is CN(Cc1cccc(C(F)(F)F)c1)C(=O)Cn1cc(C(=O)O)nn1. The van der Waals surface area contributed by atoms with Crippen LogP contribution >= 0.6 is 0 Å². The molecule has 0 spiro atoms. The van der Waals surface area contributed by atoms with Crippen LogP contribution in [0.3, 0.4) is 0 Å². The quantitative estimate of drug-likeness (QED) is 0.893. The first-order valence-electron chi connectivity index (χ1n) is 6.70. The molecule has 128 valence electrons. The number of carboxylic acid groups (broad SMARTS) is 1. The van der Waals surface area contributed by atoms with Gasteiger partial charge in [-0.05, 0) is 17.7 Å². The summed E-state index contributed by atoms with van der Waals surface area (Å²) in [5.41, 5.74) is -0.767. The van der Waals surface area contributed by atoms with Crippen molar-refractivity contribution in [1.29, 1.82) is 0 Å². The number of carbonyl (C=O) groups is 2. The lowest BCUT2D eigenvalue weighted by Crippen LogP contribution is -2.30. The van der Waals surface area contributed by atoms with Crippen molar-refractivity contribution < 1.29 is 27.9 Å². The number of benzene rings is 1. The Kier molecular flexibility index (Phi) is 4.86. The minimum Gasteiger partial charge on any atom is -0.476 e. The first-order chi connectivity index (χ1) is 11.2. The maximum absolute atomic E-state index is 12.7. The monoisotopic (exact) mass is 342 g/mol. The second-order valence-corrected chi connectivity index (χ2v) is 5.05. The molecule has 1 aromatic carbocycles. The fraction of sp³-hybridized carbons (Fsp3) is 0.286. The summed E-state index contributed by atoms with van der Waals surface area (Å²) in [7, 11) is 1.43. The van der Waals surface area contributed by atoms with Crippen molar-refractivity contribution in [1.82, 2.24) is 19.9 Å². The van der Waals surface area contributed by atoms with Gasteiger partial charge in [0, 0.05) is 13.6 Å². The molecule has 2 aromatic rings. The highest BCUT2D eigenvalue weighted by Gasteiger charge is 2.30. The van der Waals surface area contributed by atoms with Crippen LogP contribution in [0.1, 0.15) is 21.6 Å². The number of nitrogens with zero attached hydrogens (tertiary/aromatic N) is 4. The smallest absolute Gasteiger partial charge is 0.416 e. The van der Waals surface area contributed by atoms with Gasteiger partial charge in [-0.3, -0.25) is 4.79 Å². The number of amides is 1. The molecule has 0 aliphatic heterocycles. The first kappa shape index (κ1) is 17.4. The van der Waals surface area contributed by atoms with Gasteiger partial charge in [0.1, 0.15) is 6.54 Å². The van der Waals surface area contributed by atoms with Crippen LogP contribution in [0.5, 0.6) is 0 Å². The maximum Gasteiger partial charge on any atom is 0.416 e. The van der Waals surface area contributed by atoms with Crippen molar-refractivity contribution in [3.8, 4) is 0 Å². The van der Waals surface area contributed by atoms with Gasteiger partial charge in [-0.15, -0.1) is 5.10 Å². The summed E-state index contributed by atoms with van der Waals surface area (Å²) in [4.78, 5) is 24.0. The molecule has 10 heteroatoms. The second-order valence-electron chi connectivity index (χ2n) is 5.05. The summed E-state index contributed by atoms with van der Waals surface area (Å²) in [5, 5.41) is 15.6. The van der Waals surface area contributed by atoms with Crippen LogP contribution in [0, 0.1) is 0 Å². The summed E-state index contributed by atoms with van der Waals surface area (Å²) in [6, 6.07) is 4.68. The number of rotatable bonds is 5. The molecule has 0 aliphatic rings. The molecule has 24 heavy (non-hydrogen) atoms. The lowest BCUT2D eigenvalue weighted by Gasteiger charge is -2.18. The molecule has 0 atom stereocenters. The van der Waals surface area contributed by atoms with Crippen LogP contribution in [0.4, 0.5) is 13.2 Å². The van der Waals surface area contributed by atoms with Crippen LogP contribution in [0.2, 0.25) is 0 Å². The minimum absolute atomic E-state index is 0.0246. The number of hydrogen-bond donors (Lipinski definition) is 1. The fourth-order valence-electron chi connectivity index (χ4n) is 1.94. The van der Waals surface area contributed by atoms with E-state index in [1.165, 1.54) is 24.1 Å². The van der Waals surface area contributed by atoms with Gasteiger partial charge in [0.25, 0.3) is 0 Å². The molecule has 0 bridgehead atoms. The highest BCUT2D eigenvalue weighted by molar-refractivity contribution is 5.84. The Morgan fingerprint density at radius 3 is 2.62 bits per heavy atom. The molecule has 0 aliphatic carbocycles. The average Bonchev–Trinajstić information content (AvgIpc) is 2.95. The van der Waals surface area contributed by atoms with E-state index in [2.05, 4.69) is 10.3 Å². The molecule has 1 amide bonds. The lowest BCUT2D eigenvalue weighted by molar-refractivity contribution is -0.137. The Hall–Kier alpha value is -2.91. The summed E-state index contributed by atoms with van der Waals surface area (Å²) in [6.07, 6.45) is -3.36. The largest absolute Gasteiger partial charge is 0.476 e. The Morgan fingerprint density at radius 1 is 1.33 bits per heavy atom. The van der Waals surface area contributed by atoms with E-state index in [9.17, 15) is 22.8 Å². The number of halogens is 3. The van der Waals surface area contributed by atoms with E-state index in [0.29, 0.717) is 5.56 Å². The van der Waals surface area contributed by atoms with Gasteiger partial charge in [-0.2, -0.15) is 13.2 Å². The molecule has 0 fully saturated rings. The van der Waals surface area contributed by atoms with Crippen molar-refractivity contribution in [2.75, 3.05) is 7.05 Å². The van der Waals surface area contributed by atoms with Gasteiger partial charge in [-0.1, -0.05) is 17.3 Å². The standard InChI is InChI=1S/C14H13F3N4O3/c1-20(6-9-3-2-4-10(5-9)14(15,16)17)12(22)8-21-7-11(13(23)24)18-19-21/h2-5,7H,6,8H2,1H3,(H,23,24). The molecule has 7 nitrogen and oxygen atoms in total. The Morgan fingerprint density at radius 2 is 2.04 bits per heavy atom. The first-order valence-corrected chi connectivity index (χ1v) is 6.70. The molecule has 1 N–H and O–H groups in total. The summed E-state index contributed by atoms with van der Waals surface area (Å²) in [6.45, 7) is -0.293. The fourth-order valence-corrected chi connectivity index (χ4v) is 1.94. The van der Waals surface area contributed by atoms with Gasteiger partial charge in [0.15, 0.2) is 5.69 Å². The zero-order chi connectivity index (χ0) is 17.9. The Bertz CT molecular complexity index is 758.